The molecular weight excluding hydrogens is 323 g/mol. The van der Waals surface area contributed by atoms with Gasteiger partial charge in [-0.25, -0.2) is 4.39 Å². The maximum Gasteiger partial charge on any atom is 0.161 e. The van der Waals surface area contributed by atoms with Crippen LogP contribution in [-0.2, 0) is 0 Å². The number of rotatable bonds is 2. The second kappa shape index (κ2) is 5.83. The van der Waals surface area contributed by atoms with E-state index in [9.17, 15) is 4.39 Å². The molecule has 1 heterocycles. The average Bonchev–Trinajstić information content (AvgIpc) is 2.71. The molecule has 2 aromatic carbocycles. The van der Waals surface area contributed by atoms with Gasteiger partial charge in [-0.3, -0.25) is 0 Å². The molecule has 0 aliphatic carbocycles. The summed E-state index contributed by atoms with van der Waals surface area (Å²) in [5.74, 6) is 1.32. The Morgan fingerprint density at radius 3 is 2.30 bits per heavy atom. The van der Waals surface area contributed by atoms with E-state index in [0.717, 1.165) is 29.0 Å². The summed E-state index contributed by atoms with van der Waals surface area (Å²) < 4.78 is 24.3. The molecule has 2 aromatic rings. The van der Waals surface area contributed by atoms with Crippen LogP contribution in [0.15, 0.2) is 42.5 Å². The average molecular weight is 337 g/mol. The maximum absolute atomic E-state index is 13.0. The monoisotopic (exact) mass is 336 g/mol. The number of halogens is 2. The highest BCUT2D eigenvalue weighted by atomic mass is 79.9. The molecule has 0 aromatic heterocycles. The summed E-state index contributed by atoms with van der Waals surface area (Å²) >= 11 is 3.65. The Morgan fingerprint density at radius 2 is 1.55 bits per heavy atom. The lowest BCUT2D eigenvalue weighted by Crippen LogP contribution is -1.97. The molecule has 3 rings (SSSR count). The number of hydrogen-bond acceptors (Lipinski definition) is 2. The van der Waals surface area contributed by atoms with Gasteiger partial charge < -0.3 is 9.47 Å². The highest BCUT2D eigenvalue weighted by Crippen LogP contribution is 2.37. The van der Waals surface area contributed by atoms with Gasteiger partial charge in [0.2, 0.25) is 0 Å². The van der Waals surface area contributed by atoms with Crippen molar-refractivity contribution < 1.29 is 13.9 Å². The first-order valence-electron chi connectivity index (χ1n) is 6.53. The van der Waals surface area contributed by atoms with Gasteiger partial charge in [0.15, 0.2) is 11.5 Å². The predicted octanol–water partition coefficient (Wildman–Crippen LogP) is 4.47. The van der Waals surface area contributed by atoms with Crippen molar-refractivity contribution in [3.05, 3.63) is 59.4 Å². The molecule has 2 nitrogen and oxygen atoms in total. The zero-order valence-electron chi connectivity index (χ0n) is 10.8. The van der Waals surface area contributed by atoms with Crippen LogP contribution >= 0.6 is 15.9 Å². The van der Waals surface area contributed by atoms with E-state index in [-0.39, 0.29) is 10.6 Å². The highest BCUT2D eigenvalue weighted by molar-refractivity contribution is 9.09. The van der Waals surface area contributed by atoms with E-state index in [1.54, 1.807) is 12.1 Å². The Kier molecular flexibility index (Phi) is 3.92. The van der Waals surface area contributed by atoms with Crippen LogP contribution in [0.25, 0.3) is 0 Å². The molecule has 104 valence electrons. The van der Waals surface area contributed by atoms with Crippen molar-refractivity contribution in [1.82, 2.24) is 0 Å². The van der Waals surface area contributed by atoms with Gasteiger partial charge in [0.05, 0.1) is 18.0 Å². The third kappa shape index (κ3) is 2.80. The molecule has 0 N–H and O–H groups in total. The molecule has 0 bridgehead atoms. The van der Waals surface area contributed by atoms with Crippen molar-refractivity contribution in [3.8, 4) is 11.5 Å². The summed E-state index contributed by atoms with van der Waals surface area (Å²) in [5.41, 5.74) is 2.06. The van der Waals surface area contributed by atoms with Crippen LogP contribution < -0.4 is 9.47 Å². The van der Waals surface area contributed by atoms with Gasteiger partial charge in [0.1, 0.15) is 5.82 Å². The lowest BCUT2D eigenvalue weighted by molar-refractivity contribution is 0.297. The standard InChI is InChI=1S/C16H14BrFO2/c17-16(11-2-5-13(18)6-3-11)12-4-7-14-15(10-12)20-9-1-8-19-14/h2-7,10,16H,1,8-9H2. The van der Waals surface area contributed by atoms with Gasteiger partial charge in [-0.2, -0.15) is 0 Å². The minimum atomic E-state index is -0.230. The van der Waals surface area contributed by atoms with E-state index >= 15 is 0 Å². The van der Waals surface area contributed by atoms with E-state index < -0.39 is 0 Å². The SMILES string of the molecule is Fc1ccc(C(Br)c2ccc3c(c2)OCCCO3)cc1. The van der Waals surface area contributed by atoms with E-state index in [2.05, 4.69) is 15.9 Å². The lowest BCUT2D eigenvalue weighted by Gasteiger charge is -2.14. The Bertz CT molecular complexity index is 598. The van der Waals surface area contributed by atoms with Crippen LogP contribution in [0.1, 0.15) is 22.4 Å². The van der Waals surface area contributed by atoms with Crippen molar-refractivity contribution in [1.29, 1.82) is 0 Å². The molecule has 0 fully saturated rings. The van der Waals surface area contributed by atoms with Crippen LogP contribution in [-0.4, -0.2) is 13.2 Å². The number of hydrogen-bond donors (Lipinski definition) is 0. The topological polar surface area (TPSA) is 18.5 Å². The van der Waals surface area contributed by atoms with E-state index in [0.29, 0.717) is 13.2 Å². The molecule has 0 saturated carbocycles. The molecule has 0 radical (unpaired) electrons. The Balaban J connectivity index is 1.90. The molecule has 0 spiro atoms. The molecular formula is C16H14BrFO2. The minimum Gasteiger partial charge on any atom is -0.490 e. The quantitative estimate of drug-likeness (QED) is 0.753. The number of ether oxygens (including phenoxy) is 2. The second-order valence-electron chi connectivity index (χ2n) is 4.67. The summed E-state index contributed by atoms with van der Waals surface area (Å²) in [6, 6.07) is 12.4. The third-order valence-electron chi connectivity index (χ3n) is 3.23. The fraction of sp³-hybridized carbons (Fsp3) is 0.250. The Morgan fingerprint density at radius 1 is 0.900 bits per heavy atom. The molecule has 1 unspecified atom stereocenters. The first-order chi connectivity index (χ1) is 9.74. The molecule has 20 heavy (non-hydrogen) atoms. The largest absolute Gasteiger partial charge is 0.490 e. The zero-order valence-corrected chi connectivity index (χ0v) is 12.4. The van der Waals surface area contributed by atoms with Gasteiger partial charge in [-0.05, 0) is 35.4 Å². The van der Waals surface area contributed by atoms with Crippen molar-refractivity contribution >= 4 is 15.9 Å². The molecule has 0 saturated heterocycles. The second-order valence-corrected chi connectivity index (χ2v) is 5.59. The smallest absolute Gasteiger partial charge is 0.161 e. The van der Waals surface area contributed by atoms with Crippen molar-refractivity contribution in [2.75, 3.05) is 13.2 Å². The summed E-state index contributed by atoms with van der Waals surface area (Å²) in [5, 5.41) is 0. The first kappa shape index (κ1) is 13.4. The number of benzene rings is 2. The fourth-order valence-electron chi connectivity index (χ4n) is 2.16. The van der Waals surface area contributed by atoms with Crippen LogP contribution in [0.5, 0.6) is 11.5 Å². The summed E-state index contributed by atoms with van der Waals surface area (Å²) in [4.78, 5) is 0.000234. The van der Waals surface area contributed by atoms with Crippen LogP contribution in [0, 0.1) is 5.82 Å². The first-order valence-corrected chi connectivity index (χ1v) is 7.45. The minimum absolute atomic E-state index is 0.000234. The highest BCUT2D eigenvalue weighted by Gasteiger charge is 2.15. The van der Waals surface area contributed by atoms with Crippen LogP contribution in [0.2, 0.25) is 0 Å². The molecule has 4 heteroatoms. The number of fused-ring (bicyclic) bond motifs is 1. The van der Waals surface area contributed by atoms with E-state index in [1.165, 1.54) is 12.1 Å². The van der Waals surface area contributed by atoms with Gasteiger partial charge in [0.25, 0.3) is 0 Å². The molecule has 1 atom stereocenters. The van der Waals surface area contributed by atoms with Crippen molar-refractivity contribution in [2.45, 2.75) is 11.2 Å². The van der Waals surface area contributed by atoms with Gasteiger partial charge in [0, 0.05) is 6.42 Å². The lowest BCUT2D eigenvalue weighted by atomic mass is 10.0. The fourth-order valence-corrected chi connectivity index (χ4v) is 2.75. The van der Waals surface area contributed by atoms with E-state index in [1.807, 2.05) is 18.2 Å². The van der Waals surface area contributed by atoms with Crippen LogP contribution in [0.4, 0.5) is 4.39 Å². The van der Waals surface area contributed by atoms with Crippen molar-refractivity contribution in [2.24, 2.45) is 0 Å². The maximum atomic E-state index is 13.0. The van der Waals surface area contributed by atoms with Gasteiger partial charge in [-0.1, -0.05) is 34.1 Å². The van der Waals surface area contributed by atoms with E-state index in [4.69, 9.17) is 9.47 Å². The molecule has 0 amide bonds. The third-order valence-corrected chi connectivity index (χ3v) is 4.28. The van der Waals surface area contributed by atoms with Gasteiger partial charge >= 0.3 is 0 Å². The van der Waals surface area contributed by atoms with Crippen LogP contribution in [0.3, 0.4) is 0 Å². The van der Waals surface area contributed by atoms with Crippen molar-refractivity contribution in [3.63, 3.8) is 0 Å². The summed E-state index contributed by atoms with van der Waals surface area (Å²) in [6.07, 6.45) is 0.889. The predicted molar refractivity (Wildman–Crippen MR) is 79.2 cm³/mol. The Labute approximate surface area is 125 Å². The number of alkyl halides is 1. The molecule has 1 aliphatic heterocycles. The summed E-state index contributed by atoms with van der Waals surface area (Å²) in [7, 11) is 0. The normalized spacial score (nSPS) is 15.5. The summed E-state index contributed by atoms with van der Waals surface area (Å²) in [6.45, 7) is 1.35. The Hall–Kier alpha value is -1.55. The zero-order chi connectivity index (χ0) is 13.9. The van der Waals surface area contributed by atoms with Gasteiger partial charge in [-0.15, -0.1) is 0 Å². The molecule has 1 aliphatic rings.